The minimum Gasteiger partial charge on any atom is -0.480 e. The molecule has 0 saturated heterocycles. The Balaban J connectivity index is 4.96. The molecule has 0 aliphatic rings. The van der Waals surface area contributed by atoms with Gasteiger partial charge in [-0.05, 0) is 38.9 Å². The molecule has 6 nitrogen and oxygen atoms in total. The number of nitrogens with zero attached hydrogens (tertiary/aromatic N) is 1. The van der Waals surface area contributed by atoms with Gasteiger partial charge in [-0.1, -0.05) is 20.8 Å². The van der Waals surface area contributed by atoms with Gasteiger partial charge in [0.1, 0.15) is 5.60 Å². The third-order valence-electron chi connectivity index (χ3n) is 3.84. The average Bonchev–Trinajstić information content (AvgIpc) is 2.24. The Labute approximate surface area is 134 Å². The molecule has 0 radical (unpaired) electrons. The number of hydrogen-bond donors (Lipinski definition) is 1. The molecule has 0 aromatic rings. The Morgan fingerprint density at radius 1 is 1.14 bits per heavy atom. The van der Waals surface area contributed by atoms with E-state index in [-0.39, 0.29) is 11.6 Å². The van der Waals surface area contributed by atoms with Crippen molar-refractivity contribution >= 4 is 20.4 Å². The molecule has 1 N–H and O–H groups in total. The standard InChI is InChI=1S/C15H31NO5Si/c1-14(2,3)21-13(19)16(7)11(12(17)18)10-20-22(8,9)15(4,5)6/h11H,10H2,1-9H3,(H,17,18). The molecule has 22 heavy (non-hydrogen) atoms. The fourth-order valence-electron chi connectivity index (χ4n) is 1.31. The van der Waals surface area contributed by atoms with Gasteiger partial charge in [0.2, 0.25) is 0 Å². The summed E-state index contributed by atoms with van der Waals surface area (Å²) in [4.78, 5) is 24.6. The smallest absolute Gasteiger partial charge is 0.410 e. The number of aliphatic carboxylic acids is 1. The second kappa shape index (κ2) is 7.00. The lowest BCUT2D eigenvalue weighted by Crippen LogP contribution is -2.50. The van der Waals surface area contributed by atoms with Crippen molar-refractivity contribution < 1.29 is 23.9 Å². The molecule has 1 atom stereocenters. The van der Waals surface area contributed by atoms with Crippen molar-refractivity contribution in [3.05, 3.63) is 0 Å². The van der Waals surface area contributed by atoms with Gasteiger partial charge in [0.15, 0.2) is 14.4 Å². The highest BCUT2D eigenvalue weighted by molar-refractivity contribution is 6.74. The Morgan fingerprint density at radius 2 is 1.59 bits per heavy atom. The van der Waals surface area contributed by atoms with Crippen molar-refractivity contribution in [3.8, 4) is 0 Å². The largest absolute Gasteiger partial charge is 0.480 e. The molecule has 0 aromatic carbocycles. The van der Waals surface area contributed by atoms with Crippen LogP contribution in [0.3, 0.4) is 0 Å². The monoisotopic (exact) mass is 333 g/mol. The van der Waals surface area contributed by atoms with Gasteiger partial charge in [-0.15, -0.1) is 0 Å². The van der Waals surface area contributed by atoms with E-state index in [1.165, 1.54) is 7.05 Å². The molecular formula is C15H31NO5Si. The summed E-state index contributed by atoms with van der Waals surface area (Å²) in [7, 11) is -0.665. The highest BCUT2D eigenvalue weighted by Gasteiger charge is 2.39. The summed E-state index contributed by atoms with van der Waals surface area (Å²) in [6.45, 7) is 15.5. The maximum Gasteiger partial charge on any atom is 0.410 e. The number of carbonyl (C=O) groups excluding carboxylic acids is 1. The van der Waals surface area contributed by atoms with Crippen LogP contribution in [0.25, 0.3) is 0 Å². The number of ether oxygens (including phenoxy) is 1. The van der Waals surface area contributed by atoms with Crippen LogP contribution in [0.4, 0.5) is 4.79 Å². The second-order valence-corrected chi connectivity index (χ2v) is 12.8. The minimum atomic E-state index is -2.08. The first-order valence-electron chi connectivity index (χ1n) is 7.41. The lowest BCUT2D eigenvalue weighted by atomic mass is 10.2. The molecule has 1 unspecified atom stereocenters. The van der Waals surface area contributed by atoms with Gasteiger partial charge in [-0.3, -0.25) is 4.90 Å². The summed E-state index contributed by atoms with van der Waals surface area (Å²) in [5.41, 5.74) is -0.672. The summed E-state index contributed by atoms with van der Waals surface area (Å²) in [6.07, 6.45) is -0.668. The first-order chi connectivity index (χ1) is 9.58. The number of amides is 1. The second-order valence-electron chi connectivity index (χ2n) is 8.02. The molecule has 1 amide bonds. The van der Waals surface area contributed by atoms with Crippen molar-refractivity contribution in [3.63, 3.8) is 0 Å². The Morgan fingerprint density at radius 3 is 1.91 bits per heavy atom. The van der Waals surface area contributed by atoms with Crippen LogP contribution in [0.15, 0.2) is 0 Å². The van der Waals surface area contributed by atoms with Crippen LogP contribution < -0.4 is 0 Å². The SMILES string of the molecule is CN(C(=O)OC(C)(C)C)C(CO[Si](C)(C)C(C)(C)C)C(=O)O. The zero-order valence-electron chi connectivity index (χ0n) is 15.3. The van der Waals surface area contributed by atoms with E-state index in [9.17, 15) is 14.7 Å². The minimum absolute atomic E-state index is 0.0272. The lowest BCUT2D eigenvalue weighted by Gasteiger charge is -2.38. The fraction of sp³-hybridized carbons (Fsp3) is 0.867. The number of carboxylic acid groups (broad SMARTS) is 1. The van der Waals surface area contributed by atoms with Gasteiger partial charge in [-0.25, -0.2) is 9.59 Å². The van der Waals surface area contributed by atoms with Crippen molar-refractivity contribution in [2.75, 3.05) is 13.7 Å². The van der Waals surface area contributed by atoms with Gasteiger partial charge in [0, 0.05) is 7.05 Å². The lowest BCUT2D eigenvalue weighted by molar-refractivity contribution is -0.143. The van der Waals surface area contributed by atoms with E-state index < -0.39 is 32.0 Å². The molecule has 0 aliphatic carbocycles. The quantitative estimate of drug-likeness (QED) is 0.781. The van der Waals surface area contributed by atoms with Crippen LogP contribution in [0.1, 0.15) is 41.5 Å². The Hall–Kier alpha value is -1.08. The molecule has 0 aromatic heterocycles. The first-order valence-corrected chi connectivity index (χ1v) is 10.3. The number of hydrogen-bond acceptors (Lipinski definition) is 4. The highest BCUT2D eigenvalue weighted by Crippen LogP contribution is 2.36. The summed E-state index contributed by atoms with van der Waals surface area (Å²) in [6, 6.07) is -1.07. The number of rotatable bonds is 5. The van der Waals surface area contributed by atoms with Crippen molar-refractivity contribution in [1.82, 2.24) is 4.90 Å². The number of carbonyl (C=O) groups is 2. The van der Waals surface area contributed by atoms with E-state index in [4.69, 9.17) is 9.16 Å². The third kappa shape index (κ3) is 6.35. The summed E-state index contributed by atoms with van der Waals surface area (Å²) < 4.78 is 11.1. The van der Waals surface area contributed by atoms with E-state index in [2.05, 4.69) is 20.8 Å². The van der Waals surface area contributed by atoms with Crippen LogP contribution in [0.2, 0.25) is 18.1 Å². The number of likely N-dealkylation sites (N-methyl/N-ethyl adjacent to an activating group) is 1. The maximum atomic E-state index is 12.0. The van der Waals surface area contributed by atoms with E-state index >= 15 is 0 Å². The maximum absolute atomic E-state index is 12.0. The molecule has 0 fully saturated rings. The summed E-state index contributed by atoms with van der Waals surface area (Å²) >= 11 is 0. The molecule has 7 heteroatoms. The Bertz CT molecular complexity index is 409. The summed E-state index contributed by atoms with van der Waals surface area (Å²) in [5.74, 6) is -1.10. The molecule has 0 saturated carbocycles. The van der Waals surface area contributed by atoms with Crippen LogP contribution >= 0.6 is 0 Å². The van der Waals surface area contributed by atoms with Crippen LogP contribution in [0.5, 0.6) is 0 Å². The van der Waals surface area contributed by atoms with Crippen molar-refractivity contribution in [1.29, 1.82) is 0 Å². The van der Waals surface area contributed by atoms with Gasteiger partial charge >= 0.3 is 12.1 Å². The first kappa shape index (κ1) is 20.9. The predicted octanol–water partition coefficient (Wildman–Crippen LogP) is 3.33. The zero-order valence-corrected chi connectivity index (χ0v) is 16.3. The van der Waals surface area contributed by atoms with E-state index in [0.717, 1.165) is 4.90 Å². The molecule has 130 valence electrons. The topological polar surface area (TPSA) is 76.1 Å². The van der Waals surface area contributed by atoms with E-state index in [0.29, 0.717) is 0 Å². The predicted molar refractivity (Wildman–Crippen MR) is 88.6 cm³/mol. The number of carboxylic acids is 1. The van der Waals surface area contributed by atoms with E-state index in [1.807, 2.05) is 13.1 Å². The highest BCUT2D eigenvalue weighted by atomic mass is 28.4. The third-order valence-corrected chi connectivity index (χ3v) is 8.34. The molecule has 0 bridgehead atoms. The molecular weight excluding hydrogens is 302 g/mol. The molecule has 0 aliphatic heterocycles. The Kier molecular flexibility index (Phi) is 6.65. The van der Waals surface area contributed by atoms with Crippen LogP contribution in [-0.4, -0.2) is 55.7 Å². The van der Waals surface area contributed by atoms with Gasteiger partial charge < -0.3 is 14.3 Å². The molecule has 0 heterocycles. The normalized spacial score (nSPS) is 14.4. The average molecular weight is 334 g/mol. The zero-order chi connectivity index (χ0) is 17.9. The van der Waals surface area contributed by atoms with Crippen LogP contribution in [0, 0.1) is 0 Å². The summed E-state index contributed by atoms with van der Waals surface area (Å²) in [5, 5.41) is 9.35. The van der Waals surface area contributed by atoms with Crippen molar-refractivity contribution in [2.45, 2.75) is 71.3 Å². The van der Waals surface area contributed by atoms with Crippen molar-refractivity contribution in [2.24, 2.45) is 0 Å². The van der Waals surface area contributed by atoms with Gasteiger partial charge in [0.25, 0.3) is 0 Å². The van der Waals surface area contributed by atoms with E-state index in [1.54, 1.807) is 20.8 Å². The van der Waals surface area contributed by atoms with Gasteiger partial charge in [-0.2, -0.15) is 0 Å². The molecule has 0 spiro atoms. The molecule has 0 rings (SSSR count). The van der Waals surface area contributed by atoms with Gasteiger partial charge in [0.05, 0.1) is 6.61 Å². The fourth-order valence-corrected chi connectivity index (χ4v) is 2.32. The van der Waals surface area contributed by atoms with Crippen LogP contribution in [-0.2, 0) is 14.0 Å².